The van der Waals surface area contributed by atoms with Crippen molar-refractivity contribution in [1.29, 1.82) is 0 Å². The predicted octanol–water partition coefficient (Wildman–Crippen LogP) is 3.19. The first-order valence-electron chi connectivity index (χ1n) is 5.58. The van der Waals surface area contributed by atoms with Gasteiger partial charge in [-0.2, -0.15) is 0 Å². The van der Waals surface area contributed by atoms with Crippen LogP contribution >= 0.6 is 11.8 Å². The first kappa shape index (κ1) is 13.4. The fourth-order valence-electron chi connectivity index (χ4n) is 1.60. The van der Waals surface area contributed by atoms with E-state index in [2.05, 4.69) is 0 Å². The van der Waals surface area contributed by atoms with Gasteiger partial charge in [-0.05, 0) is 42.0 Å². The lowest BCUT2D eigenvalue weighted by atomic mass is 10.1. The number of nitrogens with two attached hydrogens (primary N) is 1. The van der Waals surface area contributed by atoms with E-state index in [1.54, 1.807) is 12.1 Å². The van der Waals surface area contributed by atoms with Crippen LogP contribution < -0.4 is 5.73 Å². The molecule has 0 saturated heterocycles. The molecule has 19 heavy (non-hydrogen) atoms. The summed E-state index contributed by atoms with van der Waals surface area (Å²) in [4.78, 5) is 12.3. The molecule has 0 bridgehead atoms. The van der Waals surface area contributed by atoms with E-state index in [0.29, 0.717) is 16.1 Å². The van der Waals surface area contributed by atoms with Crippen molar-refractivity contribution in [3.8, 4) is 0 Å². The highest BCUT2D eigenvalue weighted by molar-refractivity contribution is 7.99. The highest BCUT2D eigenvalue weighted by atomic mass is 32.2. The third-order valence-electron chi connectivity index (χ3n) is 2.48. The molecule has 0 aliphatic rings. The van der Waals surface area contributed by atoms with Crippen LogP contribution in [0.5, 0.6) is 0 Å². The molecule has 0 heterocycles. The minimum atomic E-state index is -0.939. The van der Waals surface area contributed by atoms with Gasteiger partial charge in [-0.1, -0.05) is 17.8 Å². The molecule has 0 aromatic heterocycles. The first-order chi connectivity index (χ1) is 9.04. The predicted molar refractivity (Wildman–Crippen MR) is 72.7 cm³/mol. The van der Waals surface area contributed by atoms with Gasteiger partial charge in [0, 0.05) is 15.5 Å². The van der Waals surface area contributed by atoms with E-state index < -0.39 is 5.97 Å². The highest BCUT2D eigenvalue weighted by Crippen LogP contribution is 2.31. The minimum Gasteiger partial charge on any atom is -0.481 e. The maximum atomic E-state index is 13.3. The Morgan fingerprint density at radius 3 is 2.53 bits per heavy atom. The molecule has 0 spiro atoms. The van der Waals surface area contributed by atoms with E-state index in [4.69, 9.17) is 10.8 Å². The zero-order valence-electron chi connectivity index (χ0n) is 9.97. The minimum absolute atomic E-state index is 0.127. The Balaban J connectivity index is 2.29. The number of carboxylic acids is 1. The van der Waals surface area contributed by atoms with Gasteiger partial charge in [-0.15, -0.1) is 0 Å². The number of hydrogen-bond donors (Lipinski definition) is 2. The number of carboxylic acid groups (broad SMARTS) is 1. The fraction of sp³-hybridized carbons (Fsp3) is 0.0714. The van der Waals surface area contributed by atoms with Crippen molar-refractivity contribution in [3.63, 3.8) is 0 Å². The molecule has 0 unspecified atom stereocenters. The molecular formula is C14H12FNO2S. The van der Waals surface area contributed by atoms with Crippen LogP contribution in [0.15, 0.2) is 52.3 Å². The van der Waals surface area contributed by atoms with Crippen molar-refractivity contribution in [1.82, 2.24) is 0 Å². The summed E-state index contributed by atoms with van der Waals surface area (Å²) >= 11 is 1.32. The zero-order chi connectivity index (χ0) is 13.8. The van der Waals surface area contributed by atoms with Gasteiger partial charge in [0.2, 0.25) is 0 Å². The lowest BCUT2D eigenvalue weighted by Crippen LogP contribution is -2.01. The number of aliphatic carboxylic acids is 1. The third kappa shape index (κ3) is 3.72. The summed E-state index contributed by atoms with van der Waals surface area (Å²) in [5, 5.41) is 8.84. The summed E-state index contributed by atoms with van der Waals surface area (Å²) in [7, 11) is 0. The number of nitrogen functional groups attached to an aromatic ring is 1. The molecule has 2 rings (SSSR count). The van der Waals surface area contributed by atoms with Gasteiger partial charge in [0.05, 0.1) is 6.42 Å². The van der Waals surface area contributed by atoms with Gasteiger partial charge in [0.1, 0.15) is 5.82 Å². The lowest BCUT2D eigenvalue weighted by Gasteiger charge is -2.08. The Hall–Kier alpha value is -2.01. The Morgan fingerprint density at radius 2 is 1.89 bits per heavy atom. The molecule has 0 amide bonds. The SMILES string of the molecule is Nc1ccc(Sc2cc(F)ccc2CC(=O)O)cc1. The summed E-state index contributed by atoms with van der Waals surface area (Å²) in [6.07, 6.45) is -0.127. The summed E-state index contributed by atoms with van der Waals surface area (Å²) < 4.78 is 13.3. The molecule has 3 nitrogen and oxygen atoms in total. The second-order valence-corrected chi connectivity index (χ2v) is 5.11. The van der Waals surface area contributed by atoms with Crippen LogP contribution in [0.1, 0.15) is 5.56 Å². The van der Waals surface area contributed by atoms with Gasteiger partial charge >= 0.3 is 5.97 Å². The third-order valence-corrected chi connectivity index (χ3v) is 3.59. The normalized spacial score (nSPS) is 10.4. The van der Waals surface area contributed by atoms with E-state index >= 15 is 0 Å². The number of anilines is 1. The maximum absolute atomic E-state index is 13.3. The van der Waals surface area contributed by atoms with Crippen LogP contribution in [-0.2, 0) is 11.2 Å². The van der Waals surface area contributed by atoms with E-state index in [0.717, 1.165) is 4.90 Å². The number of carbonyl (C=O) groups is 1. The van der Waals surface area contributed by atoms with Gasteiger partial charge in [0.15, 0.2) is 0 Å². The molecule has 0 fully saturated rings. The van der Waals surface area contributed by atoms with Gasteiger partial charge in [-0.25, -0.2) is 4.39 Å². The van der Waals surface area contributed by atoms with Crippen LogP contribution in [0, 0.1) is 5.82 Å². The standard InChI is InChI=1S/C14H12FNO2S/c15-10-2-1-9(7-14(17)18)13(8-10)19-12-5-3-11(16)4-6-12/h1-6,8H,7,16H2,(H,17,18). The van der Waals surface area contributed by atoms with Crippen molar-refractivity contribution < 1.29 is 14.3 Å². The van der Waals surface area contributed by atoms with Crippen LogP contribution in [0.4, 0.5) is 10.1 Å². The molecule has 0 radical (unpaired) electrons. The topological polar surface area (TPSA) is 63.3 Å². The average Bonchev–Trinajstić information content (AvgIpc) is 2.35. The van der Waals surface area contributed by atoms with Gasteiger partial charge < -0.3 is 10.8 Å². The summed E-state index contributed by atoms with van der Waals surface area (Å²) in [5.74, 6) is -1.32. The molecule has 0 saturated carbocycles. The number of halogens is 1. The Labute approximate surface area is 114 Å². The molecule has 98 valence electrons. The second-order valence-electron chi connectivity index (χ2n) is 3.99. The zero-order valence-corrected chi connectivity index (χ0v) is 10.8. The van der Waals surface area contributed by atoms with Crippen molar-refractivity contribution in [2.24, 2.45) is 0 Å². The summed E-state index contributed by atoms with van der Waals surface area (Å²) in [5.41, 5.74) is 6.83. The smallest absolute Gasteiger partial charge is 0.307 e. The average molecular weight is 277 g/mol. The highest BCUT2D eigenvalue weighted by Gasteiger charge is 2.09. The summed E-state index contributed by atoms with van der Waals surface area (Å²) in [6.45, 7) is 0. The number of benzene rings is 2. The number of rotatable bonds is 4. The molecule has 0 atom stereocenters. The Kier molecular flexibility index (Phi) is 4.06. The van der Waals surface area contributed by atoms with Gasteiger partial charge in [-0.3, -0.25) is 4.79 Å². The molecule has 2 aromatic rings. The van der Waals surface area contributed by atoms with Crippen LogP contribution in [0.3, 0.4) is 0 Å². The summed E-state index contributed by atoms with van der Waals surface area (Å²) in [6, 6.07) is 11.2. The van der Waals surface area contributed by atoms with E-state index in [1.807, 2.05) is 12.1 Å². The quantitative estimate of drug-likeness (QED) is 0.842. The maximum Gasteiger partial charge on any atom is 0.307 e. The molecular weight excluding hydrogens is 265 g/mol. The number of hydrogen-bond acceptors (Lipinski definition) is 3. The lowest BCUT2D eigenvalue weighted by molar-refractivity contribution is -0.136. The van der Waals surface area contributed by atoms with Crippen molar-refractivity contribution >= 4 is 23.4 Å². The molecule has 5 heteroatoms. The van der Waals surface area contributed by atoms with Crippen LogP contribution in [0.2, 0.25) is 0 Å². The molecule has 0 aliphatic carbocycles. The first-order valence-corrected chi connectivity index (χ1v) is 6.40. The van der Waals surface area contributed by atoms with Crippen molar-refractivity contribution in [2.45, 2.75) is 16.2 Å². The van der Waals surface area contributed by atoms with Crippen molar-refractivity contribution in [3.05, 3.63) is 53.8 Å². The second kappa shape index (κ2) is 5.75. The Bertz CT molecular complexity index is 599. The van der Waals surface area contributed by atoms with Gasteiger partial charge in [0.25, 0.3) is 0 Å². The largest absolute Gasteiger partial charge is 0.481 e. The van der Waals surface area contributed by atoms with Crippen LogP contribution in [-0.4, -0.2) is 11.1 Å². The monoisotopic (exact) mass is 277 g/mol. The molecule has 2 aromatic carbocycles. The van der Waals surface area contributed by atoms with E-state index in [9.17, 15) is 9.18 Å². The molecule has 3 N–H and O–H groups in total. The fourth-order valence-corrected chi connectivity index (χ4v) is 2.56. The Morgan fingerprint density at radius 1 is 1.21 bits per heavy atom. The van der Waals surface area contributed by atoms with Crippen LogP contribution in [0.25, 0.3) is 0 Å². The van der Waals surface area contributed by atoms with E-state index in [1.165, 1.54) is 30.0 Å². The van der Waals surface area contributed by atoms with Crippen molar-refractivity contribution in [2.75, 3.05) is 5.73 Å². The van der Waals surface area contributed by atoms with E-state index in [-0.39, 0.29) is 12.2 Å². The molecule has 0 aliphatic heterocycles.